The predicted molar refractivity (Wildman–Crippen MR) is 144 cm³/mol. The molecule has 1 aliphatic rings. The molecule has 42 heavy (non-hydrogen) atoms. The zero-order chi connectivity index (χ0) is 30.3. The van der Waals surface area contributed by atoms with Gasteiger partial charge in [-0.3, -0.25) is 14.2 Å². The molecule has 0 saturated carbocycles. The number of rotatable bonds is 7. The number of carbonyl (C=O) groups excluding carboxylic acids is 2. The lowest BCUT2D eigenvalue weighted by Crippen LogP contribution is -2.41. The molecule has 1 atom stereocenters. The van der Waals surface area contributed by atoms with Crippen LogP contribution < -0.4 is 9.64 Å². The molecule has 0 N–H and O–H groups in total. The first-order valence-corrected chi connectivity index (χ1v) is 13.1. The van der Waals surface area contributed by atoms with Crippen molar-refractivity contribution in [2.24, 2.45) is 0 Å². The normalized spacial score (nSPS) is 14.5. The van der Waals surface area contributed by atoms with Gasteiger partial charge in [0.05, 0.1) is 37.9 Å². The molecule has 0 bridgehead atoms. The van der Waals surface area contributed by atoms with Crippen molar-refractivity contribution in [3.63, 3.8) is 0 Å². The van der Waals surface area contributed by atoms with Gasteiger partial charge in [0.15, 0.2) is 11.6 Å². The summed E-state index contributed by atoms with van der Waals surface area (Å²) in [5.74, 6) is -4.35. The van der Waals surface area contributed by atoms with Gasteiger partial charge in [-0.1, -0.05) is 25.1 Å². The molecule has 220 valence electrons. The highest BCUT2D eigenvalue weighted by molar-refractivity contribution is 5.97. The van der Waals surface area contributed by atoms with E-state index in [2.05, 4.69) is 4.98 Å². The van der Waals surface area contributed by atoms with Crippen LogP contribution >= 0.6 is 0 Å². The van der Waals surface area contributed by atoms with Crippen molar-refractivity contribution in [3.05, 3.63) is 82.7 Å². The summed E-state index contributed by atoms with van der Waals surface area (Å²) in [6.07, 6.45) is -4.78. The fourth-order valence-corrected chi connectivity index (χ4v) is 5.22. The monoisotopic (exact) mass is 587 g/mol. The van der Waals surface area contributed by atoms with Gasteiger partial charge in [0.1, 0.15) is 17.1 Å². The molecule has 0 spiro atoms. The van der Waals surface area contributed by atoms with Gasteiger partial charge in [-0.15, -0.1) is 0 Å². The van der Waals surface area contributed by atoms with E-state index >= 15 is 0 Å². The highest BCUT2D eigenvalue weighted by Crippen LogP contribution is 2.40. The zero-order valence-electron chi connectivity index (χ0n) is 22.9. The summed E-state index contributed by atoms with van der Waals surface area (Å²) >= 11 is 0. The summed E-state index contributed by atoms with van der Waals surface area (Å²) in [4.78, 5) is 29.4. The van der Waals surface area contributed by atoms with E-state index in [1.165, 1.54) is 35.9 Å². The van der Waals surface area contributed by atoms with Crippen molar-refractivity contribution in [1.82, 2.24) is 9.55 Å². The molecule has 1 aliphatic heterocycles. The number of methoxy groups -OCH3 is 1. The lowest BCUT2D eigenvalue weighted by atomic mass is 9.97. The van der Waals surface area contributed by atoms with Gasteiger partial charge in [0.2, 0.25) is 0 Å². The number of carbonyl (C=O) groups is 2. The number of alkyl halides is 3. The van der Waals surface area contributed by atoms with Crippen LogP contribution in [0.3, 0.4) is 0 Å². The van der Waals surface area contributed by atoms with Gasteiger partial charge < -0.3 is 14.4 Å². The van der Waals surface area contributed by atoms with Crippen molar-refractivity contribution in [2.75, 3.05) is 18.6 Å². The van der Waals surface area contributed by atoms with Gasteiger partial charge in [-0.2, -0.15) is 13.2 Å². The van der Waals surface area contributed by atoms with Crippen LogP contribution in [0.15, 0.2) is 48.5 Å². The maximum Gasteiger partial charge on any atom is 0.471 e. The fourth-order valence-electron chi connectivity index (χ4n) is 5.22. The highest BCUT2D eigenvalue weighted by Gasteiger charge is 2.43. The third-order valence-corrected chi connectivity index (χ3v) is 7.40. The number of hydrogen-bond donors (Lipinski definition) is 0. The van der Waals surface area contributed by atoms with Gasteiger partial charge in [0, 0.05) is 29.7 Å². The standard InChI is InChI=1S/C30H26F5N3O4/c1-4-25-36-22-11-10-21(31)27(32)28(22)38(25)23-7-5-6-17(16(23)2)14-37(29(40)30(33,34)35)19-8-9-20-18(12-26(39)41-3)15-42-24(20)13-19/h5-11,13,18H,4,12,14-15H2,1-3H3/t18-/m1/s1. The van der Waals surface area contributed by atoms with Crippen LogP contribution in [0.2, 0.25) is 0 Å². The minimum atomic E-state index is -5.19. The number of amides is 1. The lowest BCUT2D eigenvalue weighted by Gasteiger charge is -2.26. The van der Waals surface area contributed by atoms with E-state index in [4.69, 9.17) is 9.47 Å². The van der Waals surface area contributed by atoms with E-state index in [9.17, 15) is 31.5 Å². The summed E-state index contributed by atoms with van der Waals surface area (Å²) < 4.78 is 82.4. The number of aromatic nitrogens is 2. The number of fused-ring (bicyclic) bond motifs is 2. The van der Waals surface area contributed by atoms with Crippen molar-refractivity contribution >= 4 is 28.6 Å². The lowest BCUT2D eigenvalue weighted by molar-refractivity contribution is -0.170. The molecule has 0 fully saturated rings. The molecule has 4 aromatic rings. The second-order valence-electron chi connectivity index (χ2n) is 9.91. The van der Waals surface area contributed by atoms with E-state index in [0.29, 0.717) is 39.5 Å². The molecule has 0 aliphatic carbocycles. The second kappa shape index (κ2) is 11.1. The van der Waals surface area contributed by atoms with Crippen LogP contribution in [0.4, 0.5) is 27.6 Å². The van der Waals surface area contributed by atoms with Crippen LogP contribution in [0.1, 0.15) is 41.8 Å². The van der Waals surface area contributed by atoms with Gasteiger partial charge in [0.25, 0.3) is 0 Å². The van der Waals surface area contributed by atoms with E-state index in [1.54, 1.807) is 32.0 Å². The van der Waals surface area contributed by atoms with Crippen LogP contribution in [0, 0.1) is 18.6 Å². The van der Waals surface area contributed by atoms with E-state index in [-0.39, 0.29) is 41.4 Å². The first-order valence-electron chi connectivity index (χ1n) is 13.1. The van der Waals surface area contributed by atoms with Gasteiger partial charge >= 0.3 is 18.1 Å². The average Bonchev–Trinajstić information content (AvgIpc) is 3.54. The smallest absolute Gasteiger partial charge is 0.471 e. The molecule has 0 unspecified atom stereocenters. The first-order chi connectivity index (χ1) is 19.9. The van der Waals surface area contributed by atoms with Crippen LogP contribution in [-0.2, 0) is 27.3 Å². The number of benzene rings is 3. The number of imidazole rings is 1. The Kier molecular flexibility index (Phi) is 7.65. The minimum Gasteiger partial charge on any atom is -0.493 e. The molecule has 1 aromatic heterocycles. The quantitative estimate of drug-likeness (QED) is 0.187. The average molecular weight is 588 g/mol. The van der Waals surface area contributed by atoms with E-state index in [0.717, 1.165) is 6.07 Å². The molecule has 0 radical (unpaired) electrons. The minimum absolute atomic E-state index is 0.0349. The Morgan fingerprint density at radius 1 is 1.14 bits per heavy atom. The Balaban J connectivity index is 1.57. The Labute approximate surface area is 237 Å². The molecular weight excluding hydrogens is 561 g/mol. The van der Waals surface area contributed by atoms with Gasteiger partial charge in [-0.25, -0.2) is 13.8 Å². The van der Waals surface area contributed by atoms with Crippen LogP contribution in [0.25, 0.3) is 16.7 Å². The van der Waals surface area contributed by atoms with Crippen molar-refractivity contribution in [2.45, 2.75) is 45.3 Å². The molecule has 2 heterocycles. The Bertz CT molecular complexity index is 1700. The molecular formula is C30H26F5N3O4. The topological polar surface area (TPSA) is 73.7 Å². The molecule has 5 rings (SSSR count). The number of esters is 1. The SMILES string of the molecule is CCc1nc2ccc(F)c(F)c2n1-c1cccc(CN(C(=O)C(F)(F)F)c2ccc3c(c2)OC[C@H]3CC(=O)OC)c1C. The second-order valence-corrected chi connectivity index (χ2v) is 9.91. The predicted octanol–water partition coefficient (Wildman–Crippen LogP) is 6.31. The highest BCUT2D eigenvalue weighted by atomic mass is 19.4. The van der Waals surface area contributed by atoms with Crippen molar-refractivity contribution < 1.29 is 41.0 Å². The summed E-state index contributed by atoms with van der Waals surface area (Å²) in [7, 11) is 1.26. The summed E-state index contributed by atoms with van der Waals surface area (Å²) in [6, 6.07) is 11.3. The Hall–Kier alpha value is -4.48. The number of halogens is 5. The molecule has 12 heteroatoms. The van der Waals surface area contributed by atoms with Gasteiger partial charge in [-0.05, 0) is 42.3 Å². The zero-order valence-corrected chi connectivity index (χ0v) is 22.9. The summed E-state index contributed by atoms with van der Waals surface area (Å²) in [5.41, 5.74) is 1.88. The summed E-state index contributed by atoms with van der Waals surface area (Å²) in [6.45, 7) is 3.08. The molecule has 1 amide bonds. The maximum atomic E-state index is 15.0. The number of ether oxygens (including phenoxy) is 2. The largest absolute Gasteiger partial charge is 0.493 e. The number of anilines is 1. The van der Waals surface area contributed by atoms with E-state index < -0.39 is 36.2 Å². The third-order valence-electron chi connectivity index (χ3n) is 7.40. The number of aryl methyl sites for hydroxylation is 1. The van der Waals surface area contributed by atoms with Crippen LogP contribution in [-0.4, -0.2) is 41.3 Å². The maximum absolute atomic E-state index is 15.0. The number of hydrogen-bond acceptors (Lipinski definition) is 5. The number of nitrogens with zero attached hydrogens (tertiary/aromatic N) is 3. The Morgan fingerprint density at radius 3 is 2.60 bits per heavy atom. The van der Waals surface area contributed by atoms with Crippen molar-refractivity contribution in [3.8, 4) is 11.4 Å². The van der Waals surface area contributed by atoms with Crippen LogP contribution in [0.5, 0.6) is 5.75 Å². The molecule has 7 nitrogen and oxygen atoms in total. The first kappa shape index (κ1) is 29.0. The molecule has 3 aromatic carbocycles. The van der Waals surface area contributed by atoms with E-state index in [1.807, 2.05) is 0 Å². The van der Waals surface area contributed by atoms with Crippen molar-refractivity contribution in [1.29, 1.82) is 0 Å². The summed E-state index contributed by atoms with van der Waals surface area (Å²) in [5, 5.41) is 0. The molecule has 0 saturated heterocycles. The fraction of sp³-hybridized carbons (Fsp3) is 0.300. The third kappa shape index (κ3) is 5.17. The Morgan fingerprint density at radius 2 is 1.90 bits per heavy atom.